The largest absolute Gasteiger partial charge is 0.378 e. The maximum Gasteiger partial charge on any atom is 0.244 e. The van der Waals surface area contributed by atoms with Gasteiger partial charge in [0.1, 0.15) is 6.54 Å². The summed E-state index contributed by atoms with van der Waals surface area (Å²) in [7, 11) is 0. The molecule has 1 amide bonds. The van der Waals surface area contributed by atoms with Crippen LogP contribution in [0.1, 0.15) is 32.3 Å². The monoisotopic (exact) mass is 460 g/mol. The molecule has 178 valence electrons. The number of aromatic nitrogens is 2. The second-order valence-corrected chi connectivity index (χ2v) is 9.22. The van der Waals surface area contributed by atoms with Gasteiger partial charge in [-0.2, -0.15) is 5.10 Å². The number of hydrogen-bond acceptors (Lipinski definition) is 7. The normalized spacial score (nSPS) is 20.9. The number of benzene rings is 1. The first kappa shape index (κ1) is 22.5. The minimum absolute atomic E-state index is 0.140. The van der Waals surface area contributed by atoms with E-state index in [9.17, 15) is 4.79 Å². The van der Waals surface area contributed by atoms with Gasteiger partial charge in [-0.15, -0.1) is 0 Å². The molecule has 1 aromatic carbocycles. The third kappa shape index (κ3) is 4.82. The number of morpholine rings is 1. The van der Waals surface area contributed by atoms with Gasteiger partial charge in [-0.25, -0.2) is 9.97 Å². The molecule has 1 saturated heterocycles. The van der Waals surface area contributed by atoms with E-state index in [2.05, 4.69) is 51.2 Å². The van der Waals surface area contributed by atoms with Crippen LogP contribution in [-0.2, 0) is 9.53 Å². The summed E-state index contributed by atoms with van der Waals surface area (Å²) in [6.45, 7) is 8.91. The van der Waals surface area contributed by atoms with E-state index < -0.39 is 0 Å². The molecule has 1 fully saturated rings. The Morgan fingerprint density at radius 2 is 1.82 bits per heavy atom. The lowest BCUT2D eigenvalue weighted by Crippen LogP contribution is -2.41. The number of ether oxygens (including phenoxy) is 1. The molecule has 0 N–H and O–H groups in total. The first-order valence-corrected chi connectivity index (χ1v) is 12.1. The average Bonchev–Trinajstić information content (AvgIpc) is 3.21. The second-order valence-electron chi connectivity index (χ2n) is 9.22. The molecule has 34 heavy (non-hydrogen) atoms. The van der Waals surface area contributed by atoms with Crippen LogP contribution in [0, 0.1) is 0 Å². The molecule has 8 nitrogen and oxygen atoms in total. The number of anilines is 1. The molecule has 0 radical (unpaired) electrons. The summed E-state index contributed by atoms with van der Waals surface area (Å²) in [6.07, 6.45) is 7.77. The fraction of sp³-hybridized carbons (Fsp3) is 0.462. The van der Waals surface area contributed by atoms with Crippen LogP contribution in [0.3, 0.4) is 0 Å². The summed E-state index contributed by atoms with van der Waals surface area (Å²) in [4.78, 5) is 26.2. The Hall–Kier alpha value is -3.26. The Kier molecular flexibility index (Phi) is 6.58. The van der Waals surface area contributed by atoms with Crippen molar-refractivity contribution in [1.82, 2.24) is 19.9 Å². The number of carbonyl (C=O) groups is 1. The zero-order valence-electron chi connectivity index (χ0n) is 20.0. The van der Waals surface area contributed by atoms with Crippen LogP contribution in [0.4, 0.5) is 5.95 Å². The van der Waals surface area contributed by atoms with Crippen molar-refractivity contribution in [3.8, 4) is 11.1 Å². The summed E-state index contributed by atoms with van der Waals surface area (Å²) >= 11 is 0. The van der Waals surface area contributed by atoms with E-state index in [1.165, 1.54) is 11.1 Å². The molecule has 0 saturated carbocycles. The Morgan fingerprint density at radius 1 is 1.09 bits per heavy atom. The van der Waals surface area contributed by atoms with Crippen LogP contribution in [-0.4, -0.2) is 83.5 Å². The van der Waals surface area contributed by atoms with Crippen molar-refractivity contribution in [2.75, 3.05) is 50.8 Å². The summed E-state index contributed by atoms with van der Waals surface area (Å²) in [5.74, 6) is 0.892. The average molecular weight is 461 g/mol. The Balaban J connectivity index is 1.28. The molecule has 1 unspecified atom stereocenters. The van der Waals surface area contributed by atoms with Gasteiger partial charge < -0.3 is 14.5 Å². The third-order valence-corrected chi connectivity index (χ3v) is 6.77. The Labute approximate surface area is 200 Å². The van der Waals surface area contributed by atoms with Gasteiger partial charge in [0.05, 0.1) is 19.3 Å². The van der Waals surface area contributed by atoms with Crippen LogP contribution < -0.4 is 4.90 Å². The second kappa shape index (κ2) is 9.93. The highest BCUT2D eigenvalue weighted by molar-refractivity contribution is 5.86. The van der Waals surface area contributed by atoms with Crippen molar-refractivity contribution in [1.29, 1.82) is 0 Å². The van der Waals surface area contributed by atoms with Crippen LogP contribution in [0.5, 0.6) is 0 Å². The smallest absolute Gasteiger partial charge is 0.244 e. The van der Waals surface area contributed by atoms with Crippen LogP contribution in [0.15, 0.2) is 47.8 Å². The molecule has 8 heteroatoms. The van der Waals surface area contributed by atoms with Crippen molar-refractivity contribution in [2.45, 2.75) is 32.7 Å². The molecule has 3 aliphatic heterocycles. The number of hydrogen-bond donors (Lipinski definition) is 0. The molecule has 0 bridgehead atoms. The molecule has 1 atom stereocenters. The van der Waals surface area contributed by atoms with Gasteiger partial charge in [-0.05, 0) is 37.0 Å². The van der Waals surface area contributed by atoms with Gasteiger partial charge in [0.25, 0.3) is 0 Å². The van der Waals surface area contributed by atoms with Crippen molar-refractivity contribution in [3.05, 3.63) is 48.3 Å². The lowest BCUT2D eigenvalue weighted by Gasteiger charge is -2.29. The van der Waals surface area contributed by atoms with E-state index in [-0.39, 0.29) is 5.91 Å². The van der Waals surface area contributed by atoms with E-state index in [0.29, 0.717) is 32.3 Å². The number of nitrogens with zero attached hydrogens (tertiary/aromatic N) is 6. The van der Waals surface area contributed by atoms with Gasteiger partial charge in [0.15, 0.2) is 0 Å². The molecular weight excluding hydrogens is 428 g/mol. The van der Waals surface area contributed by atoms with Crippen molar-refractivity contribution < 1.29 is 9.53 Å². The lowest BCUT2D eigenvalue weighted by molar-refractivity contribution is -0.132. The zero-order chi connectivity index (χ0) is 23.5. The van der Waals surface area contributed by atoms with Gasteiger partial charge in [-0.1, -0.05) is 30.3 Å². The Bertz CT molecular complexity index is 1090. The van der Waals surface area contributed by atoms with Gasteiger partial charge >= 0.3 is 0 Å². The quantitative estimate of drug-likeness (QED) is 0.683. The Morgan fingerprint density at radius 3 is 2.47 bits per heavy atom. The van der Waals surface area contributed by atoms with E-state index in [4.69, 9.17) is 4.74 Å². The number of carbonyl (C=O) groups excluding carboxylic acids is 1. The summed E-state index contributed by atoms with van der Waals surface area (Å²) in [5.41, 5.74) is 5.67. The minimum atomic E-state index is 0.140. The molecule has 0 spiro atoms. The fourth-order valence-electron chi connectivity index (χ4n) is 4.86. The highest BCUT2D eigenvalue weighted by Crippen LogP contribution is 2.32. The number of rotatable bonds is 5. The maximum absolute atomic E-state index is 12.9. The summed E-state index contributed by atoms with van der Waals surface area (Å²) in [5, 5.41) is 6.44. The van der Waals surface area contributed by atoms with E-state index in [1.807, 2.05) is 35.3 Å². The molecule has 5 rings (SSSR count). The molecule has 4 heterocycles. The summed E-state index contributed by atoms with van der Waals surface area (Å²) in [6, 6.07) is 8.68. The number of hydrazone groups is 1. The SMILES string of the molecule is CC1=NN(CC(=O)N2CC=C(c3ccccc3-c3cnc(N4CCOCC4)nc3)CC2)C(C)C1. The highest BCUT2D eigenvalue weighted by atomic mass is 16.5. The standard InChI is InChI=1S/C26H32N6O2/c1-19-15-20(2)32(29-19)18-25(33)30-9-7-21(8-10-30)23-5-3-4-6-24(23)22-16-27-26(28-17-22)31-11-13-34-14-12-31/h3-7,16-17,20H,8-15,18H2,1-2H3. The molecule has 2 aromatic rings. The zero-order valence-corrected chi connectivity index (χ0v) is 20.0. The van der Waals surface area contributed by atoms with Crippen molar-refractivity contribution in [2.24, 2.45) is 5.10 Å². The van der Waals surface area contributed by atoms with Crippen molar-refractivity contribution in [3.63, 3.8) is 0 Å². The van der Waals surface area contributed by atoms with Crippen LogP contribution in [0.25, 0.3) is 16.7 Å². The molecule has 1 aromatic heterocycles. The predicted molar refractivity (Wildman–Crippen MR) is 134 cm³/mol. The number of amides is 1. The topological polar surface area (TPSA) is 74.2 Å². The third-order valence-electron chi connectivity index (χ3n) is 6.77. The molecule has 0 aliphatic carbocycles. The van der Waals surface area contributed by atoms with E-state index in [0.717, 1.165) is 55.3 Å². The first-order valence-electron chi connectivity index (χ1n) is 12.1. The highest BCUT2D eigenvalue weighted by Gasteiger charge is 2.26. The van der Waals surface area contributed by atoms with Crippen molar-refractivity contribution >= 4 is 23.1 Å². The van der Waals surface area contributed by atoms with E-state index in [1.54, 1.807) is 0 Å². The fourth-order valence-corrected chi connectivity index (χ4v) is 4.86. The van der Waals surface area contributed by atoms with Gasteiger partial charge in [0.2, 0.25) is 11.9 Å². The van der Waals surface area contributed by atoms with Crippen LogP contribution in [0.2, 0.25) is 0 Å². The van der Waals surface area contributed by atoms with Crippen LogP contribution >= 0.6 is 0 Å². The molecular formula is C26H32N6O2. The predicted octanol–water partition coefficient (Wildman–Crippen LogP) is 3.07. The lowest BCUT2D eigenvalue weighted by atomic mass is 9.92. The minimum Gasteiger partial charge on any atom is -0.378 e. The first-order chi connectivity index (χ1) is 16.6. The van der Waals surface area contributed by atoms with Gasteiger partial charge in [-0.3, -0.25) is 9.80 Å². The summed E-state index contributed by atoms with van der Waals surface area (Å²) < 4.78 is 5.43. The molecule has 3 aliphatic rings. The maximum atomic E-state index is 12.9. The van der Waals surface area contributed by atoms with Gasteiger partial charge in [0, 0.05) is 56.3 Å². The van der Waals surface area contributed by atoms with E-state index >= 15 is 0 Å².